The Labute approximate surface area is 160 Å². The Hall–Kier alpha value is -3.69. The number of benzene rings is 1. The molecule has 10 heteroatoms. The number of ether oxygens (including phenoxy) is 1. The number of nitrogens with one attached hydrogen (secondary N) is 2. The van der Waals surface area contributed by atoms with E-state index in [1.165, 1.54) is 37.9 Å². The molecule has 2 rings (SSSR count). The van der Waals surface area contributed by atoms with Crippen LogP contribution >= 0.6 is 0 Å². The third-order valence-corrected chi connectivity index (χ3v) is 3.92. The molecule has 0 saturated heterocycles. The molecule has 28 heavy (non-hydrogen) atoms. The van der Waals surface area contributed by atoms with E-state index in [1.807, 2.05) is 0 Å². The summed E-state index contributed by atoms with van der Waals surface area (Å²) < 4.78 is 5.91. The van der Waals surface area contributed by atoms with Crippen LogP contribution in [0.2, 0.25) is 0 Å². The molecule has 0 aliphatic rings. The summed E-state index contributed by atoms with van der Waals surface area (Å²) in [4.78, 5) is 46.0. The van der Waals surface area contributed by atoms with Crippen LogP contribution in [0.3, 0.4) is 0 Å². The van der Waals surface area contributed by atoms with Crippen LogP contribution in [0.15, 0.2) is 36.5 Å². The summed E-state index contributed by atoms with van der Waals surface area (Å²) in [6.45, 7) is 1.51. The van der Waals surface area contributed by atoms with Crippen LogP contribution in [0.25, 0.3) is 0 Å². The number of hydrogen-bond donors (Lipinski definition) is 2. The quantitative estimate of drug-likeness (QED) is 0.419. The van der Waals surface area contributed by atoms with Gasteiger partial charge in [0, 0.05) is 18.8 Å². The van der Waals surface area contributed by atoms with Gasteiger partial charge in [-0.2, -0.15) is 0 Å². The number of carbonyl (C=O) groups is 3. The summed E-state index contributed by atoms with van der Waals surface area (Å²) in [5.74, 6) is -1.44. The van der Waals surface area contributed by atoms with Gasteiger partial charge in [0.1, 0.15) is 11.7 Å². The van der Waals surface area contributed by atoms with Crippen LogP contribution in [-0.2, 0) is 27.8 Å². The SMILES string of the molecule is COC(=O)[C@H](C)NC(=O)Cc1cccc(NC(=O)c2cc([N+](=O)[O-])cn2C)c1. The number of nitro groups is 1. The van der Waals surface area contributed by atoms with Gasteiger partial charge in [0.15, 0.2) is 0 Å². The maximum atomic E-state index is 12.4. The fraction of sp³-hybridized carbons (Fsp3) is 0.278. The molecule has 0 aliphatic heterocycles. The molecule has 1 heterocycles. The summed E-state index contributed by atoms with van der Waals surface area (Å²) in [5.41, 5.74) is 0.991. The Kier molecular flexibility index (Phi) is 6.48. The highest BCUT2D eigenvalue weighted by atomic mass is 16.6. The topological polar surface area (TPSA) is 133 Å². The zero-order valence-corrected chi connectivity index (χ0v) is 15.6. The highest BCUT2D eigenvalue weighted by Gasteiger charge is 2.18. The highest BCUT2D eigenvalue weighted by Crippen LogP contribution is 2.18. The van der Waals surface area contributed by atoms with Crippen molar-refractivity contribution in [1.29, 1.82) is 0 Å². The van der Waals surface area contributed by atoms with Gasteiger partial charge in [0.25, 0.3) is 11.6 Å². The molecule has 0 radical (unpaired) electrons. The van der Waals surface area contributed by atoms with Crippen LogP contribution in [0, 0.1) is 10.1 Å². The minimum absolute atomic E-state index is 0.000666. The summed E-state index contributed by atoms with van der Waals surface area (Å²) in [7, 11) is 2.77. The monoisotopic (exact) mass is 388 g/mol. The molecule has 1 aromatic carbocycles. The van der Waals surface area contributed by atoms with Crippen molar-refractivity contribution < 1.29 is 24.0 Å². The smallest absolute Gasteiger partial charge is 0.328 e. The van der Waals surface area contributed by atoms with Gasteiger partial charge in [-0.05, 0) is 24.6 Å². The van der Waals surface area contributed by atoms with E-state index in [-0.39, 0.29) is 23.7 Å². The van der Waals surface area contributed by atoms with E-state index in [0.29, 0.717) is 11.3 Å². The molecule has 10 nitrogen and oxygen atoms in total. The molecule has 2 N–H and O–H groups in total. The molecule has 0 aliphatic carbocycles. The standard InChI is InChI=1S/C18H20N4O6/c1-11(18(25)28-3)19-16(23)8-12-5-4-6-13(7-12)20-17(24)15-9-14(22(26)27)10-21(15)2/h4-7,9-11H,8H2,1-3H3,(H,19,23)(H,20,24)/t11-/m0/s1. The fourth-order valence-electron chi connectivity index (χ4n) is 2.54. The number of esters is 1. The fourth-order valence-corrected chi connectivity index (χ4v) is 2.54. The number of anilines is 1. The lowest BCUT2D eigenvalue weighted by Gasteiger charge is -2.12. The second-order valence-corrected chi connectivity index (χ2v) is 6.10. The molecule has 0 bridgehead atoms. The van der Waals surface area contributed by atoms with Gasteiger partial charge in [-0.3, -0.25) is 19.7 Å². The first-order valence-corrected chi connectivity index (χ1v) is 8.29. The summed E-state index contributed by atoms with van der Waals surface area (Å²) >= 11 is 0. The highest BCUT2D eigenvalue weighted by molar-refractivity contribution is 6.03. The zero-order valence-electron chi connectivity index (χ0n) is 15.6. The van der Waals surface area contributed by atoms with E-state index in [2.05, 4.69) is 15.4 Å². The molecule has 0 fully saturated rings. The number of carbonyl (C=O) groups excluding carboxylic acids is 3. The summed E-state index contributed by atoms with van der Waals surface area (Å²) in [6, 6.07) is 7.01. The first-order chi connectivity index (χ1) is 13.2. The number of methoxy groups -OCH3 is 1. The van der Waals surface area contributed by atoms with Crippen molar-refractivity contribution >= 4 is 29.2 Å². The average Bonchev–Trinajstić information content (AvgIpc) is 3.03. The maximum Gasteiger partial charge on any atom is 0.328 e. The third-order valence-electron chi connectivity index (χ3n) is 3.92. The first kappa shape index (κ1) is 20.6. The minimum Gasteiger partial charge on any atom is -0.467 e. The number of rotatable bonds is 7. The van der Waals surface area contributed by atoms with Gasteiger partial charge in [-0.25, -0.2) is 4.79 Å². The van der Waals surface area contributed by atoms with Crippen LogP contribution in [0.1, 0.15) is 23.0 Å². The molecule has 1 aromatic heterocycles. The molecule has 2 aromatic rings. The van der Waals surface area contributed by atoms with Crippen molar-refractivity contribution in [3.63, 3.8) is 0 Å². The van der Waals surface area contributed by atoms with Crippen LogP contribution in [-0.4, -0.2) is 40.4 Å². The molecular formula is C18H20N4O6. The Balaban J connectivity index is 2.05. The van der Waals surface area contributed by atoms with Gasteiger partial charge in [0.2, 0.25) is 5.91 Å². The van der Waals surface area contributed by atoms with E-state index in [4.69, 9.17) is 0 Å². The predicted molar refractivity (Wildman–Crippen MR) is 99.8 cm³/mol. The van der Waals surface area contributed by atoms with Gasteiger partial charge in [-0.15, -0.1) is 0 Å². The average molecular weight is 388 g/mol. The van der Waals surface area contributed by atoms with Gasteiger partial charge in [-0.1, -0.05) is 12.1 Å². The molecule has 148 valence electrons. The largest absolute Gasteiger partial charge is 0.467 e. The van der Waals surface area contributed by atoms with Crippen molar-refractivity contribution in [2.45, 2.75) is 19.4 Å². The Bertz CT molecular complexity index is 921. The molecule has 1 atom stereocenters. The lowest BCUT2D eigenvalue weighted by Crippen LogP contribution is -2.39. The first-order valence-electron chi connectivity index (χ1n) is 8.29. The van der Waals surface area contributed by atoms with Crippen molar-refractivity contribution in [3.8, 4) is 0 Å². The van der Waals surface area contributed by atoms with Crippen molar-refractivity contribution in [2.75, 3.05) is 12.4 Å². The third kappa shape index (κ3) is 5.16. The van der Waals surface area contributed by atoms with Gasteiger partial charge in [0.05, 0.1) is 24.7 Å². The Morgan fingerprint density at radius 2 is 2.00 bits per heavy atom. The van der Waals surface area contributed by atoms with Crippen molar-refractivity contribution in [3.05, 3.63) is 57.9 Å². The zero-order chi connectivity index (χ0) is 20.8. The molecular weight excluding hydrogens is 368 g/mol. The van der Waals surface area contributed by atoms with Crippen molar-refractivity contribution in [1.82, 2.24) is 9.88 Å². The van der Waals surface area contributed by atoms with Gasteiger partial charge < -0.3 is 19.9 Å². The summed E-state index contributed by atoms with van der Waals surface area (Å²) in [5, 5.41) is 16.0. The van der Waals surface area contributed by atoms with Crippen LogP contribution in [0.4, 0.5) is 11.4 Å². The van der Waals surface area contributed by atoms with Crippen molar-refractivity contribution in [2.24, 2.45) is 7.05 Å². The number of amides is 2. The number of aromatic nitrogens is 1. The Morgan fingerprint density at radius 1 is 1.29 bits per heavy atom. The molecule has 0 unspecified atom stereocenters. The van der Waals surface area contributed by atoms with E-state index in [1.54, 1.807) is 24.3 Å². The van der Waals surface area contributed by atoms with Crippen LogP contribution in [0.5, 0.6) is 0 Å². The van der Waals surface area contributed by atoms with E-state index < -0.39 is 22.8 Å². The number of hydrogen-bond acceptors (Lipinski definition) is 6. The Morgan fingerprint density at radius 3 is 2.61 bits per heavy atom. The van der Waals surface area contributed by atoms with E-state index in [9.17, 15) is 24.5 Å². The minimum atomic E-state index is -0.770. The van der Waals surface area contributed by atoms with E-state index in [0.717, 1.165) is 0 Å². The van der Waals surface area contributed by atoms with E-state index >= 15 is 0 Å². The second kappa shape index (κ2) is 8.80. The lowest BCUT2D eigenvalue weighted by molar-refractivity contribution is -0.384. The number of nitrogens with zero attached hydrogens (tertiary/aromatic N) is 2. The normalized spacial score (nSPS) is 11.4. The number of aryl methyl sites for hydroxylation is 1. The molecule has 0 saturated carbocycles. The lowest BCUT2D eigenvalue weighted by atomic mass is 10.1. The van der Waals surface area contributed by atoms with Gasteiger partial charge >= 0.3 is 5.97 Å². The van der Waals surface area contributed by atoms with Crippen LogP contribution < -0.4 is 10.6 Å². The predicted octanol–water partition coefficient (Wildman–Crippen LogP) is 1.41. The molecule has 2 amide bonds. The second-order valence-electron chi connectivity index (χ2n) is 6.10. The maximum absolute atomic E-state index is 12.4. The molecule has 0 spiro atoms. The summed E-state index contributed by atoms with van der Waals surface area (Å²) in [6.07, 6.45) is 1.25.